The Morgan fingerprint density at radius 2 is 1.72 bits per heavy atom. The van der Waals surface area contributed by atoms with E-state index >= 15 is 0 Å². The van der Waals surface area contributed by atoms with E-state index in [0.29, 0.717) is 50.4 Å². The molecule has 332 valence electrons. The molecule has 5 fully saturated rings. The van der Waals surface area contributed by atoms with Crippen LogP contribution in [-0.4, -0.2) is 93.8 Å². The number of hydrogen-bond acceptors (Lipinski definition) is 9. The Morgan fingerprint density at radius 3 is 2.41 bits per heavy atom. The maximum absolute atomic E-state index is 14.9. The van der Waals surface area contributed by atoms with Crippen molar-refractivity contribution >= 4 is 17.3 Å². The number of hydrogen-bond donors (Lipinski definition) is 3. The van der Waals surface area contributed by atoms with Gasteiger partial charge in [-0.3, -0.25) is 14.6 Å². The van der Waals surface area contributed by atoms with Gasteiger partial charge in [-0.1, -0.05) is 65.3 Å². The maximum Gasteiger partial charge on any atom is 0.160 e. The van der Waals surface area contributed by atoms with Crippen LogP contribution in [0.5, 0.6) is 0 Å². The van der Waals surface area contributed by atoms with E-state index in [1.807, 2.05) is 20.0 Å². The first-order valence-electron chi connectivity index (χ1n) is 23.6. The van der Waals surface area contributed by atoms with Crippen LogP contribution in [0.15, 0.2) is 57.9 Å². The lowest BCUT2D eigenvalue weighted by molar-refractivity contribution is -0.219. The first-order chi connectivity index (χ1) is 28.8. The van der Waals surface area contributed by atoms with E-state index in [0.717, 1.165) is 73.4 Å². The van der Waals surface area contributed by atoms with Crippen LogP contribution in [0.3, 0.4) is 0 Å². The van der Waals surface area contributed by atoms with Crippen molar-refractivity contribution in [2.75, 3.05) is 26.4 Å². The summed E-state index contributed by atoms with van der Waals surface area (Å²) in [4.78, 5) is 35.9. The third-order valence-electron chi connectivity index (χ3n) is 18.3. The molecular formula is C52H72N2O7. The Morgan fingerprint density at radius 1 is 1.00 bits per heavy atom. The maximum atomic E-state index is 14.9. The summed E-state index contributed by atoms with van der Waals surface area (Å²) in [6.45, 7) is 21.6. The summed E-state index contributed by atoms with van der Waals surface area (Å²) in [6, 6.07) is 6.83. The molecule has 9 heteroatoms. The minimum Gasteiger partial charge on any atom is -0.396 e. The summed E-state index contributed by atoms with van der Waals surface area (Å²) in [5, 5.41) is 35.7. The van der Waals surface area contributed by atoms with Crippen LogP contribution in [-0.2, 0) is 25.5 Å². The number of aliphatic hydroxyl groups is 3. The first kappa shape index (κ1) is 43.3. The lowest BCUT2D eigenvalue weighted by atomic mass is 9.34. The van der Waals surface area contributed by atoms with Crippen molar-refractivity contribution in [1.29, 1.82) is 0 Å². The van der Waals surface area contributed by atoms with Crippen LogP contribution in [0.2, 0.25) is 0 Å². The number of carbonyl (C=O) groups is 2. The number of aliphatic imine (C=N–C) groups is 1. The second kappa shape index (κ2) is 15.1. The van der Waals surface area contributed by atoms with Crippen LogP contribution >= 0.6 is 0 Å². The van der Waals surface area contributed by atoms with E-state index in [2.05, 4.69) is 77.6 Å². The molecule has 0 spiro atoms. The number of fused-ring (bicyclic) bond motifs is 6. The van der Waals surface area contributed by atoms with Crippen LogP contribution in [0.1, 0.15) is 136 Å². The zero-order valence-corrected chi connectivity index (χ0v) is 38.4. The Bertz CT molecular complexity index is 2110. The zero-order valence-electron chi connectivity index (χ0n) is 38.4. The molecule has 2 saturated heterocycles. The van der Waals surface area contributed by atoms with Crippen molar-refractivity contribution < 1.29 is 34.4 Å². The third-order valence-corrected chi connectivity index (χ3v) is 18.3. The number of ether oxygens (including phenoxy) is 2. The van der Waals surface area contributed by atoms with Crippen LogP contribution in [0, 0.1) is 52.3 Å². The summed E-state index contributed by atoms with van der Waals surface area (Å²) in [7, 11) is 0. The normalized spacial score (nSPS) is 38.6. The minimum absolute atomic E-state index is 0.0182. The summed E-state index contributed by atoms with van der Waals surface area (Å²) < 4.78 is 11.6. The van der Waals surface area contributed by atoms with Crippen molar-refractivity contribution in [1.82, 2.24) is 4.90 Å². The molecule has 4 aliphatic heterocycles. The molecule has 1 aromatic rings. The number of ketones is 2. The smallest absolute Gasteiger partial charge is 0.160 e. The first-order valence-corrected chi connectivity index (χ1v) is 23.6. The third kappa shape index (κ3) is 6.67. The number of rotatable bonds is 11. The van der Waals surface area contributed by atoms with Gasteiger partial charge in [0.25, 0.3) is 0 Å². The van der Waals surface area contributed by atoms with E-state index in [9.17, 15) is 24.9 Å². The highest BCUT2D eigenvalue weighted by Gasteiger charge is 2.72. The van der Waals surface area contributed by atoms with Gasteiger partial charge < -0.3 is 29.7 Å². The summed E-state index contributed by atoms with van der Waals surface area (Å²) in [5.74, 6) is 0.277. The van der Waals surface area contributed by atoms with E-state index in [1.165, 1.54) is 16.7 Å². The van der Waals surface area contributed by atoms with E-state index in [-0.39, 0.29) is 53.3 Å². The molecule has 9 nitrogen and oxygen atoms in total. The molecule has 0 bridgehead atoms. The van der Waals surface area contributed by atoms with Crippen molar-refractivity contribution in [2.24, 2.45) is 50.3 Å². The molecule has 1 unspecified atom stereocenters. The van der Waals surface area contributed by atoms with Gasteiger partial charge in [0.05, 0.1) is 29.6 Å². The van der Waals surface area contributed by atoms with Crippen LogP contribution < -0.4 is 0 Å². The molecule has 0 aromatic heterocycles. The lowest BCUT2D eigenvalue weighted by Gasteiger charge is -2.70. The molecule has 4 aliphatic carbocycles. The SMILES string of the molecule is Cc1cc(CC2=C(CCO)N(C[C@@H]3C4=C([C@H](C)C[C@@H](O)[C@@H]5OC5(C)C)C(=O)C[C@@]4(C)[C@@]4(C)CC[C@H]5C(C)(C)C(=O)CC[C@]5(C)[C@@H]4[C@@H]3O)C3C=CN=C23)cc(C2CCOCC2)c1. The zero-order chi connectivity index (χ0) is 43.6. The van der Waals surface area contributed by atoms with Gasteiger partial charge in [-0.05, 0) is 128 Å². The lowest BCUT2D eigenvalue weighted by Crippen LogP contribution is -2.68. The molecular weight excluding hydrogens is 765 g/mol. The second-order valence-electron chi connectivity index (χ2n) is 22.5. The predicted octanol–water partition coefficient (Wildman–Crippen LogP) is 7.98. The highest BCUT2D eigenvalue weighted by molar-refractivity contribution is 6.10. The van der Waals surface area contributed by atoms with Gasteiger partial charge in [0.2, 0.25) is 0 Å². The molecule has 4 heterocycles. The number of benzene rings is 1. The number of allylic oxidation sites excluding steroid dienone is 1. The van der Waals surface area contributed by atoms with Gasteiger partial charge in [-0.2, -0.15) is 0 Å². The van der Waals surface area contributed by atoms with Gasteiger partial charge >= 0.3 is 0 Å². The van der Waals surface area contributed by atoms with Gasteiger partial charge in [0, 0.05) is 80.7 Å². The van der Waals surface area contributed by atoms with Crippen molar-refractivity contribution in [3.05, 3.63) is 69.6 Å². The van der Waals surface area contributed by atoms with E-state index < -0.39 is 34.4 Å². The molecule has 3 N–H and O–H groups in total. The van der Waals surface area contributed by atoms with Crippen LogP contribution in [0.25, 0.3) is 0 Å². The van der Waals surface area contributed by atoms with E-state index in [1.54, 1.807) is 0 Å². The van der Waals surface area contributed by atoms with Gasteiger partial charge in [-0.25, -0.2) is 0 Å². The van der Waals surface area contributed by atoms with Crippen molar-refractivity contribution in [2.45, 2.75) is 162 Å². The average Bonchev–Trinajstić information content (AvgIpc) is 3.44. The van der Waals surface area contributed by atoms with E-state index in [4.69, 9.17) is 14.5 Å². The molecule has 61 heavy (non-hydrogen) atoms. The monoisotopic (exact) mass is 837 g/mol. The second-order valence-corrected chi connectivity index (χ2v) is 22.5. The van der Waals surface area contributed by atoms with Crippen molar-refractivity contribution in [3.8, 4) is 0 Å². The standard InChI is InChI=1S/C52H72N2O7/c1-29-22-31(25-33(23-29)32-14-20-60-21-15-32)26-34-36(13-19-55)54(37-12-18-53-44(34)37)28-35-43-42(30(2)24-38(56)47-49(5,6)61-47)39(57)27-52(43,9)51(8)17-10-40-48(3,4)41(58)11-16-50(40,7)46(51)45(35)59/h12,18,22-23,25,30,32,35,37-38,40,45-47,55-56,59H,10-11,13-17,19-21,24,26-28H2,1-9H3/t30-,35-,37?,38-,40+,45-,46+,47+,50+,51+,52-/m1/s1. The minimum atomic E-state index is -0.780. The highest BCUT2D eigenvalue weighted by atomic mass is 16.6. The van der Waals surface area contributed by atoms with Gasteiger partial charge in [0.1, 0.15) is 11.9 Å². The Balaban J connectivity index is 1.15. The predicted molar refractivity (Wildman–Crippen MR) is 237 cm³/mol. The number of epoxide rings is 1. The van der Waals surface area contributed by atoms with Gasteiger partial charge in [-0.15, -0.1) is 0 Å². The number of aryl methyl sites for hydroxylation is 1. The number of Topliss-reactive ketones (excluding diaryl/α,β-unsaturated/α-hetero) is 2. The van der Waals surface area contributed by atoms with Crippen molar-refractivity contribution in [3.63, 3.8) is 0 Å². The number of aliphatic hydroxyl groups excluding tert-OH is 3. The van der Waals surface area contributed by atoms with Gasteiger partial charge in [0.15, 0.2) is 5.78 Å². The molecule has 9 rings (SSSR count). The molecule has 1 aromatic carbocycles. The number of carbonyl (C=O) groups excluding carboxylic acids is 2. The molecule has 3 saturated carbocycles. The fraction of sp³-hybridized carbons (Fsp3) is 0.712. The fourth-order valence-electron chi connectivity index (χ4n) is 15.2. The molecule has 0 radical (unpaired) electrons. The van der Waals surface area contributed by atoms with Crippen LogP contribution in [0.4, 0.5) is 0 Å². The highest BCUT2D eigenvalue weighted by Crippen LogP contribution is 2.75. The largest absolute Gasteiger partial charge is 0.396 e. The molecule has 11 atom stereocenters. The molecule has 0 amide bonds. The quantitative estimate of drug-likeness (QED) is 0.191. The summed E-state index contributed by atoms with van der Waals surface area (Å²) in [6.07, 6.45) is 9.24. The number of nitrogens with zero attached hydrogens (tertiary/aromatic N) is 2. The summed E-state index contributed by atoms with van der Waals surface area (Å²) in [5.41, 5.74) is 6.78. The topological polar surface area (TPSA) is 132 Å². The fourth-order valence-corrected chi connectivity index (χ4v) is 15.2. The summed E-state index contributed by atoms with van der Waals surface area (Å²) >= 11 is 0. The Hall–Kier alpha value is -2.95. The molecule has 8 aliphatic rings. The Kier molecular flexibility index (Phi) is 10.7. The Labute approximate surface area is 364 Å². The average molecular weight is 837 g/mol.